The smallest absolute Gasteiger partial charge is 0.306 e. The number of carbonyl (C=O) groups excluding carboxylic acids is 2. The van der Waals surface area contributed by atoms with Gasteiger partial charge in [-0.2, -0.15) is 0 Å². The van der Waals surface area contributed by atoms with Gasteiger partial charge in [-0.25, -0.2) is 0 Å². The Hall–Kier alpha value is -1.51. The molecule has 0 fully saturated rings. The molecule has 0 aromatic rings. The van der Waals surface area contributed by atoms with Crippen molar-refractivity contribution in [3.63, 3.8) is 0 Å². The first-order valence-corrected chi connectivity index (χ1v) is 20.5. The minimum absolute atomic E-state index is 0.0330. The third-order valence-electron chi connectivity index (χ3n) is 7.94. The molecule has 0 bridgehead atoms. The van der Waals surface area contributed by atoms with Gasteiger partial charge in [-0.1, -0.05) is 109 Å². The number of unbranched alkanes of at least 4 members (excludes halogenated alkanes) is 16. The van der Waals surface area contributed by atoms with Crippen molar-refractivity contribution < 1.29 is 42.1 Å². The molecule has 0 rings (SSSR count). The van der Waals surface area contributed by atoms with Crippen molar-refractivity contribution in [1.29, 1.82) is 0 Å². The molecule has 0 aliphatic rings. The number of allylic oxidation sites excluding steroid dienone is 4. The molecule has 0 aromatic carbocycles. The molecule has 0 radical (unpaired) electrons. The van der Waals surface area contributed by atoms with Crippen molar-refractivity contribution in [2.75, 3.05) is 47.5 Å². The van der Waals surface area contributed by atoms with Crippen LogP contribution in [0.5, 0.6) is 0 Å². The van der Waals surface area contributed by atoms with E-state index in [1.54, 1.807) is 0 Å². The molecular weight excluding hydrogens is 629 g/mol. The number of nitrogens with zero attached hydrogens (tertiary/aromatic N) is 1. The van der Waals surface area contributed by atoms with Crippen LogP contribution in [0.4, 0.5) is 0 Å². The number of ether oxygens (including phenoxy) is 2. The predicted molar refractivity (Wildman–Crippen MR) is 194 cm³/mol. The Morgan fingerprint density at radius 2 is 1.08 bits per heavy atom. The predicted octanol–water partition coefficient (Wildman–Crippen LogP) is 9.38. The van der Waals surface area contributed by atoms with Gasteiger partial charge < -0.3 is 27.9 Å². The Bertz CT molecular complexity index is 886. The van der Waals surface area contributed by atoms with Crippen LogP contribution in [0.2, 0.25) is 0 Å². The number of carbonyl (C=O) groups is 2. The summed E-state index contributed by atoms with van der Waals surface area (Å²) in [6.07, 6.45) is 30.6. The lowest BCUT2D eigenvalue weighted by atomic mass is 10.1. The van der Waals surface area contributed by atoms with E-state index in [4.69, 9.17) is 18.5 Å². The summed E-state index contributed by atoms with van der Waals surface area (Å²) in [5.74, 6) is -0.858. The van der Waals surface area contributed by atoms with Crippen LogP contribution in [-0.2, 0) is 32.7 Å². The number of hydrogen-bond donors (Lipinski definition) is 0. The van der Waals surface area contributed by atoms with Gasteiger partial charge in [0.1, 0.15) is 19.8 Å². The maximum Gasteiger partial charge on any atom is 0.306 e. The summed E-state index contributed by atoms with van der Waals surface area (Å²) in [5, 5.41) is 0. The van der Waals surface area contributed by atoms with E-state index in [2.05, 4.69) is 38.2 Å². The number of likely N-dealkylation sites (N-methyl/N-ethyl adjacent to an activating group) is 1. The fourth-order valence-corrected chi connectivity index (χ4v) is 5.59. The molecule has 0 amide bonds. The van der Waals surface area contributed by atoms with Gasteiger partial charge in [0.25, 0.3) is 7.82 Å². The molecule has 9 nitrogen and oxygen atoms in total. The highest BCUT2D eigenvalue weighted by Crippen LogP contribution is 2.38. The molecule has 0 aliphatic heterocycles. The van der Waals surface area contributed by atoms with Gasteiger partial charge in [0, 0.05) is 12.8 Å². The van der Waals surface area contributed by atoms with Crippen LogP contribution in [0.15, 0.2) is 24.3 Å². The summed E-state index contributed by atoms with van der Waals surface area (Å²) in [6.45, 7) is 4.13. The van der Waals surface area contributed by atoms with E-state index in [0.717, 1.165) is 77.0 Å². The molecule has 0 aromatic heterocycles. The van der Waals surface area contributed by atoms with E-state index < -0.39 is 32.5 Å². The largest absolute Gasteiger partial charge is 0.756 e. The van der Waals surface area contributed by atoms with Crippen LogP contribution in [0, 0.1) is 0 Å². The van der Waals surface area contributed by atoms with Crippen molar-refractivity contribution in [1.82, 2.24) is 0 Å². The number of rotatable bonds is 34. The highest BCUT2D eigenvalue weighted by Gasteiger charge is 2.21. The number of quaternary nitrogens is 1. The summed E-state index contributed by atoms with van der Waals surface area (Å²) in [4.78, 5) is 37.3. The molecule has 0 saturated heterocycles. The van der Waals surface area contributed by atoms with Gasteiger partial charge in [0.05, 0.1) is 27.7 Å². The van der Waals surface area contributed by atoms with E-state index in [0.29, 0.717) is 17.4 Å². The monoisotopic (exact) mass is 701 g/mol. The lowest BCUT2D eigenvalue weighted by Crippen LogP contribution is -2.37. The van der Waals surface area contributed by atoms with Gasteiger partial charge in [-0.3, -0.25) is 14.2 Å². The molecule has 2 atom stereocenters. The molecular formula is C38H72NO8P. The Kier molecular flexibility index (Phi) is 30.5. The first-order chi connectivity index (χ1) is 23.0. The second-order valence-electron chi connectivity index (χ2n) is 13.9. The SMILES string of the molecule is CCCC/C=C/CCCCCCCC(=O)O[C@H](COC(=O)CCCCCCC/C=C/CCCCCC)COP(=O)([O-])OCC[N+](C)(C)C. The van der Waals surface area contributed by atoms with Crippen LogP contribution < -0.4 is 4.89 Å². The maximum atomic E-state index is 12.6. The summed E-state index contributed by atoms with van der Waals surface area (Å²) < 4.78 is 33.7. The van der Waals surface area contributed by atoms with Gasteiger partial charge in [0.15, 0.2) is 6.10 Å². The standard InChI is InChI=1S/C38H72NO8P/c1-6-8-10-12-14-16-18-19-21-22-24-26-28-30-37(40)44-34-36(35-46-48(42,43)45-33-32-39(3,4)5)47-38(41)31-29-27-25-23-20-17-15-13-11-9-7-2/h13,15-16,18,36H,6-12,14,17,19-35H2,1-5H3/b15-13+,18-16+/t36-/m1/s1. The number of esters is 2. The minimum Gasteiger partial charge on any atom is -0.756 e. The fourth-order valence-electron chi connectivity index (χ4n) is 4.86. The average Bonchev–Trinajstić information content (AvgIpc) is 3.02. The highest BCUT2D eigenvalue weighted by molar-refractivity contribution is 7.45. The molecule has 0 saturated carbocycles. The Balaban J connectivity index is 4.46. The second kappa shape index (κ2) is 31.5. The molecule has 0 N–H and O–H groups in total. The van der Waals surface area contributed by atoms with Crippen LogP contribution in [0.3, 0.4) is 0 Å². The molecule has 0 heterocycles. The third-order valence-corrected chi connectivity index (χ3v) is 8.91. The van der Waals surface area contributed by atoms with Crippen LogP contribution in [0.1, 0.15) is 155 Å². The van der Waals surface area contributed by atoms with E-state index in [1.807, 2.05) is 21.1 Å². The van der Waals surface area contributed by atoms with Crippen LogP contribution >= 0.6 is 7.82 Å². The van der Waals surface area contributed by atoms with Crippen molar-refractivity contribution >= 4 is 19.8 Å². The number of hydrogen-bond acceptors (Lipinski definition) is 8. The molecule has 10 heteroatoms. The number of phosphoric acid groups is 1. The van der Waals surface area contributed by atoms with Crippen LogP contribution in [0.25, 0.3) is 0 Å². The molecule has 282 valence electrons. The zero-order valence-corrected chi connectivity index (χ0v) is 32.3. The lowest BCUT2D eigenvalue weighted by molar-refractivity contribution is -0.870. The fraction of sp³-hybridized carbons (Fsp3) is 0.842. The molecule has 0 aliphatic carbocycles. The summed E-state index contributed by atoms with van der Waals surface area (Å²) in [7, 11) is 1.15. The zero-order chi connectivity index (χ0) is 35.8. The minimum atomic E-state index is -4.62. The first kappa shape index (κ1) is 46.5. The topological polar surface area (TPSA) is 111 Å². The Morgan fingerprint density at radius 3 is 1.60 bits per heavy atom. The zero-order valence-electron chi connectivity index (χ0n) is 31.4. The Morgan fingerprint density at radius 1 is 0.625 bits per heavy atom. The van der Waals surface area contributed by atoms with Gasteiger partial charge in [0.2, 0.25) is 0 Å². The van der Waals surface area contributed by atoms with E-state index in [-0.39, 0.29) is 26.1 Å². The third kappa shape index (κ3) is 34.4. The summed E-state index contributed by atoms with van der Waals surface area (Å²) in [5.41, 5.74) is 0. The highest BCUT2D eigenvalue weighted by atomic mass is 31.2. The molecule has 1 unspecified atom stereocenters. The lowest BCUT2D eigenvalue weighted by Gasteiger charge is -2.28. The van der Waals surface area contributed by atoms with Gasteiger partial charge in [-0.05, 0) is 57.8 Å². The van der Waals surface area contributed by atoms with Crippen molar-refractivity contribution in [3.8, 4) is 0 Å². The summed E-state index contributed by atoms with van der Waals surface area (Å²) >= 11 is 0. The van der Waals surface area contributed by atoms with Crippen molar-refractivity contribution in [3.05, 3.63) is 24.3 Å². The molecule has 48 heavy (non-hydrogen) atoms. The van der Waals surface area contributed by atoms with Crippen LogP contribution in [-0.4, -0.2) is 70.0 Å². The van der Waals surface area contributed by atoms with Gasteiger partial charge >= 0.3 is 11.9 Å². The Labute approximate surface area is 294 Å². The second-order valence-corrected chi connectivity index (χ2v) is 15.3. The molecule has 0 spiro atoms. The first-order valence-electron chi connectivity index (χ1n) is 19.0. The van der Waals surface area contributed by atoms with E-state index in [9.17, 15) is 19.0 Å². The average molecular weight is 702 g/mol. The van der Waals surface area contributed by atoms with E-state index >= 15 is 0 Å². The van der Waals surface area contributed by atoms with E-state index in [1.165, 1.54) is 44.9 Å². The summed E-state index contributed by atoms with van der Waals surface area (Å²) in [6, 6.07) is 0. The van der Waals surface area contributed by atoms with Gasteiger partial charge in [-0.15, -0.1) is 0 Å². The van der Waals surface area contributed by atoms with Crippen molar-refractivity contribution in [2.45, 2.75) is 161 Å². The normalized spacial score (nSPS) is 14.0. The maximum absolute atomic E-state index is 12.6. The quantitative estimate of drug-likeness (QED) is 0.0215. The van der Waals surface area contributed by atoms with Crippen molar-refractivity contribution in [2.24, 2.45) is 0 Å². The number of phosphoric ester groups is 1.